The Labute approximate surface area is 124 Å². The van der Waals surface area contributed by atoms with E-state index >= 15 is 0 Å². The number of alkyl halides is 4. The summed E-state index contributed by atoms with van der Waals surface area (Å²) in [6.07, 6.45) is 5.48. The molecule has 0 saturated carbocycles. The van der Waals surface area contributed by atoms with Crippen molar-refractivity contribution in [1.29, 1.82) is 0 Å². The Balaban J connectivity index is 3.10. The maximum atomic E-state index is 5.66. The Hall–Kier alpha value is 1.33. The Morgan fingerprint density at radius 3 is 2.12 bits per heavy atom. The molecule has 0 N–H and O–H groups in total. The third kappa shape index (κ3) is 15.3. The lowest BCUT2D eigenvalue weighted by Gasteiger charge is -1.99. The van der Waals surface area contributed by atoms with Gasteiger partial charge in [0.2, 0.25) is 0 Å². The molecule has 0 unspecified atom stereocenters. The first-order valence-electron chi connectivity index (χ1n) is 5.84. The quantitative estimate of drug-likeness (QED) is 0.322. The minimum Gasteiger partial charge on any atom is -0.105 e. The molecule has 0 aromatic carbocycles. The average molecular weight is 338 g/mol. The third-order valence-electron chi connectivity index (χ3n) is 2.25. The lowest BCUT2D eigenvalue weighted by Crippen LogP contribution is -1.93. The van der Waals surface area contributed by atoms with Gasteiger partial charge >= 0.3 is 0 Å². The zero-order valence-corrected chi connectivity index (χ0v) is 15.3. The summed E-state index contributed by atoms with van der Waals surface area (Å²) in [4.78, 5) is -0.332. The molecule has 96 valence electrons. The van der Waals surface area contributed by atoms with Crippen molar-refractivity contribution in [3.8, 4) is 0 Å². The van der Waals surface area contributed by atoms with Gasteiger partial charge in [-0.1, -0.05) is 24.2 Å². The fourth-order valence-electron chi connectivity index (χ4n) is 1.36. The summed E-state index contributed by atoms with van der Waals surface area (Å²) in [5.41, 5.74) is 2.37. The molecule has 0 fully saturated rings. The van der Waals surface area contributed by atoms with Crippen LogP contribution in [0.3, 0.4) is 0 Å². The number of hydrogen-bond donors (Lipinski definition) is 0. The highest BCUT2D eigenvalue weighted by atomic mass is 35.5. The maximum Gasteiger partial charge on any atom is 0.107 e. The largest absolute Gasteiger partial charge is 0.107 e. The summed E-state index contributed by atoms with van der Waals surface area (Å²) in [5.74, 6) is 0. The van der Waals surface area contributed by atoms with Crippen molar-refractivity contribution in [2.75, 3.05) is 0 Å². The summed E-state index contributed by atoms with van der Waals surface area (Å²) in [5, 5.41) is 0. The fraction of sp³-hybridized carbons (Fsp3) is 0.800. The zero-order chi connectivity index (χ0) is 12.2. The second kappa shape index (κ2) is 12.8. The van der Waals surface area contributed by atoms with E-state index in [-0.39, 0.29) is 28.7 Å². The smallest absolute Gasteiger partial charge is 0.105 e. The topological polar surface area (TPSA) is 0 Å². The minimum absolute atomic E-state index is 0.0601. The van der Waals surface area contributed by atoms with Crippen molar-refractivity contribution in [1.82, 2.24) is 0 Å². The van der Waals surface area contributed by atoms with Crippen LogP contribution in [-0.4, -0.2) is 28.7 Å². The predicted octanol–water partition coefficient (Wildman–Crippen LogP) is 3.87. The summed E-state index contributed by atoms with van der Waals surface area (Å²) >= 11 is 22.6. The van der Waals surface area contributed by atoms with Crippen molar-refractivity contribution in [2.24, 2.45) is 0 Å². The minimum atomic E-state index is -0.174. The SMILES string of the molecule is ClC(Cl)CC[SiH2]C=CCC[SiH2]CCC(Cl)Cl. The molecule has 0 radical (unpaired) electrons. The molecule has 6 heteroatoms. The first-order valence-corrected chi connectivity index (χ1v) is 11.4. The van der Waals surface area contributed by atoms with Gasteiger partial charge in [-0.3, -0.25) is 0 Å². The molecule has 0 heterocycles. The predicted molar refractivity (Wildman–Crippen MR) is 85.5 cm³/mol. The van der Waals surface area contributed by atoms with Crippen LogP contribution in [0, 0.1) is 0 Å². The monoisotopic (exact) mass is 336 g/mol. The van der Waals surface area contributed by atoms with E-state index in [9.17, 15) is 0 Å². The van der Waals surface area contributed by atoms with Crippen LogP contribution >= 0.6 is 46.4 Å². The highest BCUT2D eigenvalue weighted by Gasteiger charge is 1.98. The van der Waals surface area contributed by atoms with E-state index in [4.69, 9.17) is 46.4 Å². The van der Waals surface area contributed by atoms with E-state index in [0.29, 0.717) is 0 Å². The van der Waals surface area contributed by atoms with Gasteiger partial charge in [0.05, 0.1) is 0 Å². The first kappa shape index (κ1) is 17.3. The van der Waals surface area contributed by atoms with Crippen molar-refractivity contribution in [3.05, 3.63) is 11.8 Å². The van der Waals surface area contributed by atoms with Crippen molar-refractivity contribution >= 4 is 65.4 Å². The van der Waals surface area contributed by atoms with Gasteiger partial charge in [0.15, 0.2) is 0 Å². The lowest BCUT2D eigenvalue weighted by atomic mass is 10.5. The summed E-state index contributed by atoms with van der Waals surface area (Å²) in [6.45, 7) is 0. The number of halogens is 4. The van der Waals surface area contributed by atoms with E-state index in [2.05, 4.69) is 11.8 Å². The van der Waals surface area contributed by atoms with Crippen LogP contribution in [0.4, 0.5) is 0 Å². The maximum absolute atomic E-state index is 5.66. The Kier molecular flexibility index (Phi) is 13.8. The van der Waals surface area contributed by atoms with Gasteiger partial charge in [-0.25, -0.2) is 0 Å². The van der Waals surface area contributed by atoms with E-state index < -0.39 is 0 Å². The van der Waals surface area contributed by atoms with Gasteiger partial charge in [-0.2, -0.15) is 0 Å². The normalized spacial score (nSPS) is 13.6. The molecule has 0 rings (SSSR count). The van der Waals surface area contributed by atoms with Gasteiger partial charge in [0.1, 0.15) is 9.67 Å². The molecule has 0 aliphatic carbocycles. The van der Waals surface area contributed by atoms with Crippen LogP contribution in [0.15, 0.2) is 11.8 Å². The Morgan fingerprint density at radius 1 is 0.875 bits per heavy atom. The summed E-state index contributed by atoms with van der Waals surface area (Å²) < 4.78 is 0. The number of allylic oxidation sites excluding steroid dienone is 1. The standard InChI is InChI=1S/C10H20Cl4Si2/c11-9(12)3-7-15-5-1-2-6-16-8-4-10(13)14/h1,5,9-10H,2-4,6-8,15-16H2. The molecule has 0 saturated heterocycles. The molecule has 0 aliphatic heterocycles. The van der Waals surface area contributed by atoms with Crippen LogP contribution in [0.1, 0.15) is 19.3 Å². The molecular formula is C10H20Cl4Si2. The van der Waals surface area contributed by atoms with E-state index in [0.717, 1.165) is 12.8 Å². The van der Waals surface area contributed by atoms with Crippen molar-refractivity contribution in [3.63, 3.8) is 0 Å². The third-order valence-corrected chi connectivity index (χ3v) is 6.43. The van der Waals surface area contributed by atoms with Gasteiger partial charge < -0.3 is 0 Å². The van der Waals surface area contributed by atoms with Gasteiger partial charge in [0.25, 0.3) is 0 Å². The highest BCUT2D eigenvalue weighted by molar-refractivity contribution is 6.46. The molecular weight excluding hydrogens is 318 g/mol. The molecule has 0 aromatic rings. The van der Waals surface area contributed by atoms with Gasteiger partial charge in [-0.05, 0) is 19.3 Å². The fourth-order valence-corrected chi connectivity index (χ4v) is 5.94. The highest BCUT2D eigenvalue weighted by Crippen LogP contribution is 2.11. The Morgan fingerprint density at radius 2 is 1.50 bits per heavy atom. The van der Waals surface area contributed by atoms with Crippen molar-refractivity contribution in [2.45, 2.75) is 47.1 Å². The van der Waals surface area contributed by atoms with E-state index in [1.54, 1.807) is 0 Å². The molecule has 16 heavy (non-hydrogen) atoms. The molecule has 0 aromatic heterocycles. The van der Waals surface area contributed by atoms with Crippen LogP contribution < -0.4 is 0 Å². The average Bonchev–Trinajstić information content (AvgIpc) is 2.20. The second-order valence-corrected chi connectivity index (χ2v) is 10.3. The summed E-state index contributed by atoms with van der Waals surface area (Å²) in [7, 11) is 0.00914. The van der Waals surface area contributed by atoms with Gasteiger partial charge in [0, 0.05) is 19.0 Å². The molecule has 0 bridgehead atoms. The van der Waals surface area contributed by atoms with Gasteiger partial charge in [-0.15, -0.1) is 52.1 Å². The van der Waals surface area contributed by atoms with Crippen LogP contribution in [0.25, 0.3) is 0 Å². The van der Waals surface area contributed by atoms with Crippen molar-refractivity contribution < 1.29 is 0 Å². The van der Waals surface area contributed by atoms with E-state index in [1.165, 1.54) is 24.6 Å². The molecule has 0 atom stereocenters. The number of rotatable bonds is 10. The first-order chi connectivity index (χ1) is 7.63. The molecule has 0 nitrogen and oxygen atoms in total. The van der Waals surface area contributed by atoms with Crippen LogP contribution in [-0.2, 0) is 0 Å². The molecule has 0 aliphatic rings. The summed E-state index contributed by atoms with van der Waals surface area (Å²) in [6, 6.07) is 3.86. The van der Waals surface area contributed by atoms with Crippen LogP contribution in [0.5, 0.6) is 0 Å². The van der Waals surface area contributed by atoms with E-state index in [1.807, 2.05) is 0 Å². The molecule has 0 amide bonds. The lowest BCUT2D eigenvalue weighted by molar-refractivity contribution is 1.01. The second-order valence-electron chi connectivity index (χ2n) is 3.82. The van der Waals surface area contributed by atoms with Crippen LogP contribution in [0.2, 0.25) is 18.1 Å². The zero-order valence-electron chi connectivity index (χ0n) is 9.48. The Bertz CT molecular complexity index is 174. The molecule has 0 spiro atoms. The number of hydrogen-bond acceptors (Lipinski definition) is 0.